The molecule has 0 aliphatic rings. The zero-order valence-corrected chi connectivity index (χ0v) is 12.8. The monoisotopic (exact) mass is 308 g/mol. The van der Waals surface area contributed by atoms with Gasteiger partial charge in [0.25, 0.3) is 5.91 Å². The Morgan fingerprint density at radius 2 is 1.83 bits per heavy atom. The quantitative estimate of drug-likeness (QED) is 0.573. The molecule has 0 aliphatic heterocycles. The first-order valence-electron chi connectivity index (χ1n) is 7.18. The van der Waals surface area contributed by atoms with Gasteiger partial charge in [-0.15, -0.1) is 0 Å². The number of amides is 1. The highest BCUT2D eigenvalue weighted by atomic mass is 16.3. The number of phenolic OH excluding ortho intramolecular Hbond substituents is 1. The second-order valence-electron chi connectivity index (χ2n) is 5.26. The molecule has 0 unspecified atom stereocenters. The van der Waals surface area contributed by atoms with Crippen molar-refractivity contribution in [1.29, 1.82) is 0 Å². The van der Waals surface area contributed by atoms with E-state index >= 15 is 0 Å². The largest absolute Gasteiger partial charge is 0.507 e. The molecular formula is C18H16N2O3. The third-order valence-corrected chi connectivity index (χ3v) is 3.53. The molecule has 2 N–H and O–H groups in total. The number of benzene rings is 2. The van der Waals surface area contributed by atoms with Crippen molar-refractivity contribution in [2.45, 2.75) is 13.8 Å². The lowest BCUT2D eigenvalue weighted by Gasteiger charge is -2.06. The van der Waals surface area contributed by atoms with Crippen LogP contribution >= 0.6 is 0 Å². The average molecular weight is 308 g/mol. The summed E-state index contributed by atoms with van der Waals surface area (Å²) in [6, 6.07) is 14.3. The molecule has 0 saturated heterocycles. The van der Waals surface area contributed by atoms with Crippen LogP contribution in [0.3, 0.4) is 0 Å². The number of aromatic hydroxyl groups is 1. The Labute approximate surface area is 133 Å². The highest BCUT2D eigenvalue weighted by molar-refractivity contribution is 6.03. The lowest BCUT2D eigenvalue weighted by atomic mass is 10.1. The van der Waals surface area contributed by atoms with Crippen molar-refractivity contribution in [2.24, 2.45) is 5.10 Å². The van der Waals surface area contributed by atoms with Crippen LogP contribution in [0.2, 0.25) is 0 Å². The van der Waals surface area contributed by atoms with E-state index in [-0.39, 0.29) is 11.3 Å². The Bertz CT molecular complexity index is 910. The van der Waals surface area contributed by atoms with E-state index in [1.165, 1.54) is 0 Å². The van der Waals surface area contributed by atoms with E-state index < -0.39 is 5.91 Å². The Morgan fingerprint density at radius 1 is 1.13 bits per heavy atom. The van der Waals surface area contributed by atoms with Crippen LogP contribution in [-0.4, -0.2) is 16.7 Å². The molecular weight excluding hydrogens is 292 g/mol. The van der Waals surface area contributed by atoms with Crippen LogP contribution in [0.1, 0.15) is 28.8 Å². The number of hydrogen-bond donors (Lipinski definition) is 2. The molecule has 5 heteroatoms. The smallest absolute Gasteiger partial charge is 0.275 e. The fourth-order valence-corrected chi connectivity index (χ4v) is 2.29. The molecule has 0 saturated carbocycles. The minimum Gasteiger partial charge on any atom is -0.507 e. The summed E-state index contributed by atoms with van der Waals surface area (Å²) in [7, 11) is 0. The summed E-state index contributed by atoms with van der Waals surface area (Å²) < 4.78 is 5.43. The molecule has 0 bridgehead atoms. The number of carbonyl (C=O) groups is 1. The topological polar surface area (TPSA) is 74.8 Å². The van der Waals surface area contributed by atoms with Crippen LogP contribution in [0.5, 0.6) is 5.75 Å². The van der Waals surface area contributed by atoms with Gasteiger partial charge >= 0.3 is 0 Å². The van der Waals surface area contributed by atoms with Gasteiger partial charge in [-0.05, 0) is 48.9 Å². The summed E-state index contributed by atoms with van der Waals surface area (Å²) in [6.45, 7) is 3.57. The molecule has 0 radical (unpaired) electrons. The van der Waals surface area contributed by atoms with Gasteiger partial charge in [0.05, 0.1) is 5.56 Å². The van der Waals surface area contributed by atoms with Crippen molar-refractivity contribution in [1.82, 2.24) is 5.43 Å². The lowest BCUT2D eigenvalue weighted by molar-refractivity contribution is 0.0952. The van der Waals surface area contributed by atoms with E-state index in [0.717, 1.165) is 16.5 Å². The Balaban J connectivity index is 1.84. The average Bonchev–Trinajstić information content (AvgIpc) is 2.98. The predicted octanol–water partition coefficient (Wildman–Crippen LogP) is 3.60. The van der Waals surface area contributed by atoms with Crippen LogP contribution in [0, 0.1) is 6.92 Å². The van der Waals surface area contributed by atoms with Gasteiger partial charge in [0, 0.05) is 0 Å². The highest BCUT2D eigenvalue weighted by Gasteiger charge is 2.12. The number of phenols is 1. The molecule has 0 fully saturated rings. The van der Waals surface area contributed by atoms with E-state index in [4.69, 9.17) is 4.42 Å². The number of carbonyl (C=O) groups excluding carboxylic acids is 1. The third kappa shape index (κ3) is 3.08. The number of rotatable bonds is 3. The number of nitrogens with one attached hydrogen (secondary N) is 1. The maximum Gasteiger partial charge on any atom is 0.275 e. The number of nitrogens with zero attached hydrogens (tertiary/aromatic N) is 1. The summed E-state index contributed by atoms with van der Waals surface area (Å²) in [5.41, 5.74) is 3.17. The summed E-state index contributed by atoms with van der Waals surface area (Å²) in [4.78, 5) is 12.2. The zero-order chi connectivity index (χ0) is 16.4. The van der Waals surface area contributed by atoms with Crippen LogP contribution in [-0.2, 0) is 0 Å². The first-order chi connectivity index (χ1) is 11.0. The van der Waals surface area contributed by atoms with Crippen molar-refractivity contribution in [3.63, 3.8) is 0 Å². The Morgan fingerprint density at radius 3 is 2.48 bits per heavy atom. The zero-order valence-electron chi connectivity index (χ0n) is 12.8. The number of hydrazone groups is 1. The molecule has 3 rings (SSSR count). The van der Waals surface area contributed by atoms with Crippen LogP contribution in [0.25, 0.3) is 10.8 Å². The van der Waals surface area contributed by atoms with Gasteiger partial charge in [0.2, 0.25) is 0 Å². The van der Waals surface area contributed by atoms with E-state index in [1.807, 2.05) is 37.3 Å². The Hall–Kier alpha value is -3.08. The molecule has 3 aromatic rings. The molecule has 0 atom stereocenters. The molecule has 1 amide bonds. The molecule has 0 aliphatic carbocycles. The molecule has 2 aromatic carbocycles. The number of aryl methyl sites for hydroxylation is 1. The summed E-state index contributed by atoms with van der Waals surface area (Å²) in [5, 5.41) is 15.8. The standard InChI is InChI=1S/C18H16N2O3/c1-11-7-8-17(23-11)12(2)19-20-18(22)15-9-13-5-3-4-6-14(13)10-16(15)21/h3-10,21H,1-2H3,(H,20,22)/b19-12+. The van der Waals surface area contributed by atoms with Crippen molar-refractivity contribution < 1.29 is 14.3 Å². The Kier molecular flexibility index (Phi) is 3.85. The van der Waals surface area contributed by atoms with Crippen LogP contribution < -0.4 is 5.43 Å². The summed E-state index contributed by atoms with van der Waals surface area (Å²) in [5.74, 6) is 0.803. The molecule has 0 spiro atoms. The maximum absolute atomic E-state index is 12.2. The molecule has 116 valence electrons. The number of fused-ring (bicyclic) bond motifs is 1. The van der Waals surface area contributed by atoms with Gasteiger partial charge in [0.1, 0.15) is 23.0 Å². The molecule has 1 heterocycles. The van der Waals surface area contributed by atoms with Gasteiger partial charge in [-0.1, -0.05) is 24.3 Å². The normalized spacial score (nSPS) is 11.7. The predicted molar refractivity (Wildman–Crippen MR) is 88.7 cm³/mol. The SMILES string of the molecule is C/C(=N\NC(=O)c1cc2ccccc2cc1O)c1ccc(C)o1. The van der Waals surface area contributed by atoms with E-state index in [9.17, 15) is 9.90 Å². The van der Waals surface area contributed by atoms with E-state index in [1.54, 1.807) is 25.1 Å². The fourth-order valence-electron chi connectivity index (χ4n) is 2.29. The fraction of sp³-hybridized carbons (Fsp3) is 0.111. The second-order valence-corrected chi connectivity index (χ2v) is 5.26. The highest BCUT2D eigenvalue weighted by Crippen LogP contribution is 2.24. The van der Waals surface area contributed by atoms with Crippen molar-refractivity contribution in [2.75, 3.05) is 0 Å². The lowest BCUT2D eigenvalue weighted by Crippen LogP contribution is -2.19. The molecule has 1 aromatic heterocycles. The van der Waals surface area contributed by atoms with Gasteiger partial charge in [-0.2, -0.15) is 5.10 Å². The van der Waals surface area contributed by atoms with Crippen molar-refractivity contribution in [3.8, 4) is 5.75 Å². The first-order valence-corrected chi connectivity index (χ1v) is 7.18. The van der Waals surface area contributed by atoms with Crippen LogP contribution in [0.15, 0.2) is 58.0 Å². The maximum atomic E-state index is 12.2. The summed E-state index contributed by atoms with van der Waals surface area (Å²) >= 11 is 0. The summed E-state index contributed by atoms with van der Waals surface area (Å²) in [6.07, 6.45) is 0. The second kappa shape index (κ2) is 5.96. The minimum absolute atomic E-state index is 0.0807. The van der Waals surface area contributed by atoms with Gasteiger partial charge in [-0.25, -0.2) is 5.43 Å². The van der Waals surface area contributed by atoms with Crippen molar-refractivity contribution in [3.05, 3.63) is 65.6 Å². The third-order valence-electron chi connectivity index (χ3n) is 3.53. The van der Waals surface area contributed by atoms with Gasteiger partial charge in [0.15, 0.2) is 0 Å². The van der Waals surface area contributed by atoms with Gasteiger partial charge in [-0.3, -0.25) is 4.79 Å². The van der Waals surface area contributed by atoms with Crippen LogP contribution in [0.4, 0.5) is 0 Å². The first kappa shape index (κ1) is 14.8. The van der Waals surface area contributed by atoms with E-state index in [2.05, 4.69) is 10.5 Å². The van der Waals surface area contributed by atoms with E-state index in [0.29, 0.717) is 11.5 Å². The molecule has 23 heavy (non-hydrogen) atoms. The number of furan rings is 1. The molecule has 5 nitrogen and oxygen atoms in total. The van der Waals surface area contributed by atoms with Gasteiger partial charge < -0.3 is 9.52 Å². The number of hydrogen-bond acceptors (Lipinski definition) is 4. The van der Waals surface area contributed by atoms with Crippen molar-refractivity contribution >= 4 is 22.4 Å². The minimum atomic E-state index is -0.476.